The number of nitrogens with one attached hydrogen (secondary N) is 1. The van der Waals surface area contributed by atoms with Crippen molar-refractivity contribution in [2.45, 2.75) is 37.0 Å². The Labute approximate surface area is 82.8 Å². The second-order valence-corrected chi connectivity index (χ2v) is 4.58. The summed E-state index contributed by atoms with van der Waals surface area (Å²) in [5.41, 5.74) is -0.0197. The third-order valence-corrected chi connectivity index (χ3v) is 2.90. The third-order valence-electron chi connectivity index (χ3n) is 1.76. The second-order valence-electron chi connectivity index (χ2n) is 3.10. The van der Waals surface area contributed by atoms with Crippen molar-refractivity contribution in [1.29, 1.82) is 0 Å². The van der Waals surface area contributed by atoms with Crippen molar-refractivity contribution in [3.8, 4) is 0 Å². The van der Waals surface area contributed by atoms with E-state index >= 15 is 0 Å². The smallest absolute Gasteiger partial charge is 0.248 e. The molecule has 0 spiro atoms. The lowest BCUT2D eigenvalue weighted by Gasteiger charge is -2.08. The maximum atomic E-state index is 11.0. The standard InChI is InChI=1S/C10H15NOS/c1-3-5-8(2)13-10-7-4-6-9(12)11-10/h4,6-8H,3,5H2,1-2H3,(H,11,12). The van der Waals surface area contributed by atoms with E-state index in [0.29, 0.717) is 5.25 Å². The first-order chi connectivity index (χ1) is 6.22. The van der Waals surface area contributed by atoms with Gasteiger partial charge in [0.2, 0.25) is 5.56 Å². The summed E-state index contributed by atoms with van der Waals surface area (Å²) in [5.74, 6) is 0. The monoisotopic (exact) mass is 197 g/mol. The van der Waals surface area contributed by atoms with Gasteiger partial charge in [-0.3, -0.25) is 4.79 Å². The molecule has 0 saturated heterocycles. The number of aromatic nitrogens is 1. The molecule has 1 atom stereocenters. The van der Waals surface area contributed by atoms with Crippen LogP contribution in [0.2, 0.25) is 0 Å². The summed E-state index contributed by atoms with van der Waals surface area (Å²) in [4.78, 5) is 13.8. The fourth-order valence-electron chi connectivity index (χ4n) is 1.18. The number of aromatic amines is 1. The molecule has 1 heterocycles. The minimum atomic E-state index is -0.0197. The lowest BCUT2D eigenvalue weighted by atomic mass is 10.3. The Kier molecular flexibility index (Phi) is 4.09. The molecular formula is C10H15NOS. The Morgan fingerprint density at radius 3 is 2.92 bits per heavy atom. The molecule has 0 saturated carbocycles. The zero-order valence-electron chi connectivity index (χ0n) is 8.04. The van der Waals surface area contributed by atoms with Crippen molar-refractivity contribution in [3.05, 3.63) is 28.6 Å². The van der Waals surface area contributed by atoms with Crippen LogP contribution in [0.5, 0.6) is 0 Å². The van der Waals surface area contributed by atoms with E-state index in [1.165, 1.54) is 18.9 Å². The molecule has 2 nitrogen and oxygen atoms in total. The molecule has 1 aromatic rings. The summed E-state index contributed by atoms with van der Waals surface area (Å²) < 4.78 is 0. The van der Waals surface area contributed by atoms with Gasteiger partial charge in [0.05, 0.1) is 5.03 Å². The molecule has 1 unspecified atom stereocenters. The molecule has 1 aromatic heterocycles. The van der Waals surface area contributed by atoms with Crippen LogP contribution < -0.4 is 5.56 Å². The van der Waals surface area contributed by atoms with Crippen LogP contribution in [0.15, 0.2) is 28.0 Å². The summed E-state index contributed by atoms with van der Waals surface area (Å²) in [7, 11) is 0. The van der Waals surface area contributed by atoms with Gasteiger partial charge < -0.3 is 4.98 Å². The molecule has 72 valence electrons. The van der Waals surface area contributed by atoms with Gasteiger partial charge in [0, 0.05) is 11.3 Å². The highest BCUT2D eigenvalue weighted by Crippen LogP contribution is 2.22. The number of H-pyrrole nitrogens is 1. The zero-order valence-corrected chi connectivity index (χ0v) is 8.86. The van der Waals surface area contributed by atoms with Crippen molar-refractivity contribution >= 4 is 11.8 Å². The highest BCUT2D eigenvalue weighted by molar-refractivity contribution is 7.99. The van der Waals surface area contributed by atoms with Gasteiger partial charge >= 0.3 is 0 Å². The maximum Gasteiger partial charge on any atom is 0.248 e. The highest BCUT2D eigenvalue weighted by atomic mass is 32.2. The Hall–Kier alpha value is -0.700. The minimum Gasteiger partial charge on any atom is -0.317 e. The highest BCUT2D eigenvalue weighted by Gasteiger charge is 2.02. The average Bonchev–Trinajstić information content (AvgIpc) is 2.04. The van der Waals surface area contributed by atoms with Crippen LogP contribution in [0, 0.1) is 0 Å². The van der Waals surface area contributed by atoms with E-state index in [1.807, 2.05) is 6.07 Å². The minimum absolute atomic E-state index is 0.0197. The van der Waals surface area contributed by atoms with Crippen molar-refractivity contribution < 1.29 is 0 Å². The molecule has 0 aliphatic rings. The molecule has 1 N–H and O–H groups in total. The van der Waals surface area contributed by atoms with Crippen LogP contribution in [0.1, 0.15) is 26.7 Å². The normalized spacial score (nSPS) is 12.8. The maximum absolute atomic E-state index is 11.0. The first-order valence-electron chi connectivity index (χ1n) is 4.58. The van der Waals surface area contributed by atoms with E-state index in [0.717, 1.165) is 5.03 Å². The average molecular weight is 197 g/mol. The molecule has 0 aliphatic carbocycles. The Balaban J connectivity index is 2.58. The topological polar surface area (TPSA) is 32.9 Å². The van der Waals surface area contributed by atoms with Crippen LogP contribution in [-0.2, 0) is 0 Å². The first kappa shape index (κ1) is 10.4. The van der Waals surface area contributed by atoms with Gasteiger partial charge in [-0.2, -0.15) is 0 Å². The molecule has 13 heavy (non-hydrogen) atoms. The number of thioether (sulfide) groups is 1. The predicted molar refractivity (Wildman–Crippen MR) is 57.3 cm³/mol. The number of rotatable bonds is 4. The lowest BCUT2D eigenvalue weighted by molar-refractivity contribution is 0.785. The van der Waals surface area contributed by atoms with Gasteiger partial charge in [-0.25, -0.2) is 0 Å². The molecule has 1 rings (SSSR count). The SMILES string of the molecule is CCCC(C)Sc1cccc(=O)[nH]1. The van der Waals surface area contributed by atoms with Crippen LogP contribution in [0.25, 0.3) is 0 Å². The molecule has 0 amide bonds. The van der Waals surface area contributed by atoms with Gasteiger partial charge in [-0.1, -0.05) is 26.3 Å². The third kappa shape index (κ3) is 3.68. The fraction of sp³-hybridized carbons (Fsp3) is 0.500. The van der Waals surface area contributed by atoms with Gasteiger partial charge in [-0.05, 0) is 12.5 Å². The van der Waals surface area contributed by atoms with Gasteiger partial charge in [-0.15, -0.1) is 11.8 Å². The molecule has 0 aromatic carbocycles. The van der Waals surface area contributed by atoms with Crippen molar-refractivity contribution in [1.82, 2.24) is 4.98 Å². The summed E-state index contributed by atoms with van der Waals surface area (Å²) >= 11 is 1.73. The molecule has 0 fully saturated rings. The lowest BCUT2D eigenvalue weighted by Crippen LogP contribution is -2.05. The fourth-order valence-corrected chi connectivity index (χ4v) is 2.28. The van der Waals surface area contributed by atoms with Gasteiger partial charge in [0.25, 0.3) is 0 Å². The predicted octanol–water partition coefficient (Wildman–Crippen LogP) is 2.66. The number of pyridine rings is 1. The van der Waals surface area contributed by atoms with E-state index in [2.05, 4.69) is 18.8 Å². The second kappa shape index (κ2) is 5.12. The van der Waals surface area contributed by atoms with E-state index in [-0.39, 0.29) is 5.56 Å². The van der Waals surface area contributed by atoms with Crippen LogP contribution in [0.4, 0.5) is 0 Å². The van der Waals surface area contributed by atoms with E-state index in [4.69, 9.17) is 0 Å². The molecule has 3 heteroatoms. The summed E-state index contributed by atoms with van der Waals surface area (Å²) in [6.07, 6.45) is 2.37. The van der Waals surface area contributed by atoms with Crippen LogP contribution in [0.3, 0.4) is 0 Å². The van der Waals surface area contributed by atoms with E-state index in [9.17, 15) is 4.79 Å². The van der Waals surface area contributed by atoms with Crippen LogP contribution in [-0.4, -0.2) is 10.2 Å². The zero-order chi connectivity index (χ0) is 9.68. The Bertz CT molecular complexity index is 308. The number of hydrogen-bond acceptors (Lipinski definition) is 2. The van der Waals surface area contributed by atoms with Crippen molar-refractivity contribution in [2.75, 3.05) is 0 Å². The Morgan fingerprint density at radius 2 is 2.31 bits per heavy atom. The van der Waals surface area contributed by atoms with E-state index in [1.54, 1.807) is 17.8 Å². The Morgan fingerprint density at radius 1 is 1.54 bits per heavy atom. The molecule has 0 radical (unpaired) electrons. The first-order valence-corrected chi connectivity index (χ1v) is 5.46. The van der Waals surface area contributed by atoms with Crippen molar-refractivity contribution in [2.24, 2.45) is 0 Å². The van der Waals surface area contributed by atoms with Crippen LogP contribution >= 0.6 is 11.8 Å². The van der Waals surface area contributed by atoms with Crippen molar-refractivity contribution in [3.63, 3.8) is 0 Å². The summed E-state index contributed by atoms with van der Waals surface area (Å²) in [6.45, 7) is 4.35. The molecule has 0 bridgehead atoms. The summed E-state index contributed by atoms with van der Waals surface area (Å²) in [5, 5.41) is 1.54. The number of hydrogen-bond donors (Lipinski definition) is 1. The molecular weight excluding hydrogens is 182 g/mol. The largest absolute Gasteiger partial charge is 0.317 e. The van der Waals surface area contributed by atoms with Gasteiger partial charge in [0.15, 0.2) is 0 Å². The summed E-state index contributed by atoms with van der Waals surface area (Å²) in [6, 6.07) is 5.27. The molecule has 0 aliphatic heterocycles. The van der Waals surface area contributed by atoms with Gasteiger partial charge in [0.1, 0.15) is 0 Å². The van der Waals surface area contributed by atoms with E-state index < -0.39 is 0 Å². The quantitative estimate of drug-likeness (QED) is 0.753.